The minimum atomic E-state index is 0.197. The molecule has 3 aliphatic rings. The molecule has 2 nitrogen and oxygen atoms in total. The normalized spacial score (nSPS) is 25.3. The lowest BCUT2D eigenvalue weighted by Crippen LogP contribution is -2.39. The average Bonchev–Trinajstić information content (AvgIpc) is 3.43. The number of nitrogens with zero attached hydrogens (tertiary/aromatic N) is 1. The fourth-order valence-corrected chi connectivity index (χ4v) is 6.51. The molecule has 2 aromatic carbocycles. The van der Waals surface area contributed by atoms with Crippen LogP contribution in [-0.4, -0.2) is 24.0 Å². The van der Waals surface area contributed by atoms with Crippen LogP contribution >= 0.6 is 0 Å². The van der Waals surface area contributed by atoms with Crippen LogP contribution in [0.25, 0.3) is 0 Å². The van der Waals surface area contributed by atoms with E-state index in [4.69, 9.17) is 0 Å². The second-order valence-electron chi connectivity index (χ2n) is 13.1. The Morgan fingerprint density at radius 2 is 1.67 bits per heavy atom. The Morgan fingerprint density at radius 3 is 2.39 bits per heavy atom. The summed E-state index contributed by atoms with van der Waals surface area (Å²) in [5.74, 6) is 0.722. The van der Waals surface area contributed by atoms with Gasteiger partial charge in [0, 0.05) is 31.2 Å². The lowest BCUT2D eigenvalue weighted by atomic mass is 9.76. The summed E-state index contributed by atoms with van der Waals surface area (Å²) in [6.07, 6.45) is 4.88. The second kappa shape index (κ2) is 7.95. The smallest absolute Gasteiger partial charge is 0.0470 e. The lowest BCUT2D eigenvalue weighted by molar-refractivity contribution is 0.203. The van der Waals surface area contributed by atoms with E-state index < -0.39 is 0 Å². The highest BCUT2D eigenvalue weighted by Crippen LogP contribution is 2.58. The van der Waals surface area contributed by atoms with E-state index >= 15 is 0 Å². The van der Waals surface area contributed by atoms with Crippen molar-refractivity contribution >= 4 is 0 Å². The Kier molecular flexibility index (Phi) is 5.57. The zero-order chi connectivity index (χ0) is 23.6. The summed E-state index contributed by atoms with van der Waals surface area (Å²) in [6, 6.07) is 15.4. The summed E-state index contributed by atoms with van der Waals surface area (Å²) in [4.78, 5) is 2.60. The van der Waals surface area contributed by atoms with E-state index in [1.54, 1.807) is 16.7 Å². The van der Waals surface area contributed by atoms with Crippen LogP contribution in [0, 0.1) is 5.92 Å². The van der Waals surface area contributed by atoms with Crippen molar-refractivity contribution in [1.82, 2.24) is 10.2 Å². The molecule has 2 atom stereocenters. The maximum atomic E-state index is 3.97. The van der Waals surface area contributed by atoms with E-state index in [1.165, 1.54) is 42.5 Å². The molecule has 1 fully saturated rings. The minimum absolute atomic E-state index is 0.197. The van der Waals surface area contributed by atoms with Crippen LogP contribution in [0.2, 0.25) is 0 Å². The highest BCUT2D eigenvalue weighted by atomic mass is 15.1. The van der Waals surface area contributed by atoms with Crippen molar-refractivity contribution in [2.24, 2.45) is 5.92 Å². The fraction of sp³-hybridized carbons (Fsp3) is 0.613. The van der Waals surface area contributed by atoms with Gasteiger partial charge in [0.1, 0.15) is 0 Å². The third-order valence-corrected chi connectivity index (χ3v) is 8.91. The molecule has 0 radical (unpaired) electrons. The van der Waals surface area contributed by atoms with Crippen LogP contribution in [0.4, 0.5) is 0 Å². The van der Waals surface area contributed by atoms with Gasteiger partial charge in [0.25, 0.3) is 0 Å². The monoisotopic (exact) mass is 444 g/mol. The van der Waals surface area contributed by atoms with Gasteiger partial charge in [-0.05, 0) is 89.7 Å². The van der Waals surface area contributed by atoms with E-state index in [-0.39, 0.29) is 16.4 Å². The van der Waals surface area contributed by atoms with E-state index in [0.717, 1.165) is 25.4 Å². The topological polar surface area (TPSA) is 15.3 Å². The van der Waals surface area contributed by atoms with Crippen LogP contribution < -0.4 is 5.32 Å². The predicted octanol–water partition coefficient (Wildman–Crippen LogP) is 6.48. The van der Waals surface area contributed by atoms with Gasteiger partial charge in [-0.15, -0.1) is 0 Å². The van der Waals surface area contributed by atoms with Crippen LogP contribution in [0.1, 0.15) is 94.7 Å². The number of rotatable bonds is 4. The van der Waals surface area contributed by atoms with Crippen molar-refractivity contribution in [3.63, 3.8) is 0 Å². The molecule has 178 valence electrons. The lowest BCUT2D eigenvalue weighted by Gasteiger charge is -2.34. The number of hydrogen-bond acceptors (Lipinski definition) is 2. The van der Waals surface area contributed by atoms with Gasteiger partial charge in [0.15, 0.2) is 0 Å². The van der Waals surface area contributed by atoms with Crippen LogP contribution in [-0.2, 0) is 35.8 Å². The Bertz CT molecular complexity index is 1040. The Morgan fingerprint density at radius 1 is 0.939 bits per heavy atom. The van der Waals surface area contributed by atoms with Gasteiger partial charge in [-0.25, -0.2) is 0 Å². The van der Waals surface area contributed by atoms with Crippen LogP contribution in [0.5, 0.6) is 0 Å². The first-order valence-corrected chi connectivity index (χ1v) is 13.2. The van der Waals surface area contributed by atoms with E-state index in [9.17, 15) is 0 Å². The predicted molar refractivity (Wildman–Crippen MR) is 140 cm³/mol. The molecular weight excluding hydrogens is 400 g/mol. The van der Waals surface area contributed by atoms with Crippen molar-refractivity contribution < 1.29 is 0 Å². The number of benzene rings is 2. The van der Waals surface area contributed by atoms with Gasteiger partial charge < -0.3 is 5.32 Å². The average molecular weight is 445 g/mol. The molecule has 2 heterocycles. The summed E-state index contributed by atoms with van der Waals surface area (Å²) in [5.41, 5.74) is 9.93. The Hall–Kier alpha value is -1.64. The molecule has 0 bridgehead atoms. The third-order valence-electron chi connectivity index (χ3n) is 8.91. The maximum Gasteiger partial charge on any atom is 0.0470 e. The van der Waals surface area contributed by atoms with Crippen molar-refractivity contribution in [3.8, 4) is 0 Å². The largest absolute Gasteiger partial charge is 0.307 e. The van der Waals surface area contributed by atoms with Crippen LogP contribution in [0.15, 0.2) is 36.4 Å². The van der Waals surface area contributed by atoms with Crippen molar-refractivity contribution in [1.29, 1.82) is 0 Å². The van der Waals surface area contributed by atoms with E-state index in [2.05, 4.69) is 95.1 Å². The van der Waals surface area contributed by atoms with Gasteiger partial charge in [-0.2, -0.15) is 0 Å². The quantitative estimate of drug-likeness (QED) is 0.580. The van der Waals surface area contributed by atoms with Crippen molar-refractivity contribution in [2.45, 2.75) is 103 Å². The number of nitrogens with one attached hydrogen (secondary N) is 1. The standard InChI is InChI=1S/C31H44N2/c1-21(2)33-15-13-22-16-26(9-8-24(22)20-33)30(6,7)18-27-19-31(27)28-11-10-25(29(3,4)5)17-23(28)12-14-32-31/h8-11,16-17,21,27,32H,12-15,18-20H2,1-7H3. The van der Waals surface area contributed by atoms with Crippen molar-refractivity contribution in [2.75, 3.05) is 13.1 Å². The summed E-state index contributed by atoms with van der Waals surface area (Å²) in [7, 11) is 0. The summed E-state index contributed by atoms with van der Waals surface area (Å²) >= 11 is 0. The Labute approximate surface area is 202 Å². The molecule has 0 amide bonds. The molecule has 5 rings (SSSR count). The number of fused-ring (bicyclic) bond motifs is 3. The highest BCUT2D eigenvalue weighted by Gasteiger charge is 2.58. The molecular formula is C31H44N2. The molecule has 1 saturated carbocycles. The number of hydrogen-bond donors (Lipinski definition) is 1. The van der Waals surface area contributed by atoms with E-state index in [1.807, 2.05) is 0 Å². The van der Waals surface area contributed by atoms with Crippen molar-refractivity contribution in [3.05, 3.63) is 69.8 Å². The summed E-state index contributed by atoms with van der Waals surface area (Å²) in [6.45, 7) is 20.0. The molecule has 0 saturated heterocycles. The molecule has 1 N–H and O–H groups in total. The molecule has 2 aliphatic heterocycles. The Balaban J connectivity index is 1.35. The zero-order valence-electron chi connectivity index (χ0n) is 22.0. The first-order chi connectivity index (χ1) is 15.5. The minimum Gasteiger partial charge on any atom is -0.307 e. The summed E-state index contributed by atoms with van der Waals surface area (Å²) in [5, 5.41) is 3.97. The van der Waals surface area contributed by atoms with Crippen LogP contribution in [0.3, 0.4) is 0 Å². The molecule has 2 heteroatoms. The second-order valence-corrected chi connectivity index (χ2v) is 13.1. The fourth-order valence-electron chi connectivity index (χ4n) is 6.51. The maximum absolute atomic E-state index is 3.97. The van der Waals surface area contributed by atoms with Gasteiger partial charge in [0.05, 0.1) is 0 Å². The summed E-state index contributed by atoms with van der Waals surface area (Å²) < 4.78 is 0. The SMILES string of the molecule is CC(C)N1CCc2cc(C(C)(C)CC3CC34NCCc3cc(C(C)(C)C)ccc34)ccc2C1. The first kappa shape index (κ1) is 23.1. The molecule has 2 unspecified atom stereocenters. The van der Waals surface area contributed by atoms with Gasteiger partial charge >= 0.3 is 0 Å². The first-order valence-electron chi connectivity index (χ1n) is 13.2. The molecule has 1 aliphatic carbocycles. The third kappa shape index (κ3) is 4.19. The molecule has 0 aromatic heterocycles. The molecule has 33 heavy (non-hydrogen) atoms. The molecule has 1 spiro atoms. The molecule has 2 aromatic rings. The van der Waals surface area contributed by atoms with Gasteiger partial charge in [-0.1, -0.05) is 71.0 Å². The van der Waals surface area contributed by atoms with E-state index in [0.29, 0.717) is 6.04 Å². The zero-order valence-corrected chi connectivity index (χ0v) is 22.0. The van der Waals surface area contributed by atoms with Gasteiger partial charge in [-0.3, -0.25) is 4.90 Å². The van der Waals surface area contributed by atoms with Gasteiger partial charge in [0.2, 0.25) is 0 Å². The highest BCUT2D eigenvalue weighted by molar-refractivity contribution is 5.46.